The van der Waals surface area contributed by atoms with E-state index < -0.39 is 10.4 Å². The first-order valence-electron chi connectivity index (χ1n) is 6.86. The van der Waals surface area contributed by atoms with Crippen LogP contribution in [0.2, 0.25) is 0 Å². The van der Waals surface area contributed by atoms with Crippen LogP contribution in [0.1, 0.15) is 64.2 Å². The molecular formula is C12H26NNaO4S. The van der Waals surface area contributed by atoms with Gasteiger partial charge in [0.25, 0.3) is 0 Å². The van der Waals surface area contributed by atoms with E-state index in [4.69, 9.17) is 5.73 Å². The van der Waals surface area contributed by atoms with E-state index in [1.54, 1.807) is 0 Å². The summed E-state index contributed by atoms with van der Waals surface area (Å²) in [6, 6.07) is 0. The molecule has 19 heavy (non-hydrogen) atoms. The molecule has 2 N–H and O–H groups in total. The zero-order chi connectivity index (χ0) is 13.7. The maximum Gasteiger partial charge on any atom is 1.00 e. The Hall–Kier alpha value is 0.830. The quantitative estimate of drug-likeness (QED) is 0.211. The van der Waals surface area contributed by atoms with Gasteiger partial charge in [0.15, 0.2) is 0 Å². The summed E-state index contributed by atoms with van der Waals surface area (Å²) >= 11 is 0. The molecule has 0 spiro atoms. The van der Waals surface area contributed by atoms with Crippen molar-refractivity contribution in [2.45, 2.75) is 64.2 Å². The summed E-state index contributed by atoms with van der Waals surface area (Å²) in [5.74, 6) is 0. The van der Waals surface area contributed by atoms with Gasteiger partial charge in [-0.1, -0.05) is 51.4 Å². The SMILES string of the molecule is NCCCCCCCCCCCCOS(=O)(=O)[O-].[Na+]. The monoisotopic (exact) mass is 303 g/mol. The van der Waals surface area contributed by atoms with Crippen LogP contribution in [0.4, 0.5) is 0 Å². The van der Waals surface area contributed by atoms with E-state index >= 15 is 0 Å². The van der Waals surface area contributed by atoms with Crippen molar-refractivity contribution in [3.8, 4) is 0 Å². The molecular weight excluding hydrogens is 277 g/mol. The molecule has 0 bridgehead atoms. The van der Waals surface area contributed by atoms with Crippen molar-refractivity contribution in [2.24, 2.45) is 5.73 Å². The smallest absolute Gasteiger partial charge is 0.726 e. The molecule has 0 rings (SSSR count). The van der Waals surface area contributed by atoms with E-state index in [2.05, 4.69) is 4.18 Å². The number of nitrogens with two attached hydrogens (primary N) is 1. The van der Waals surface area contributed by atoms with Gasteiger partial charge in [-0.2, -0.15) is 0 Å². The Labute approximate surface area is 139 Å². The summed E-state index contributed by atoms with van der Waals surface area (Å²) in [5, 5.41) is 0. The summed E-state index contributed by atoms with van der Waals surface area (Å²) in [6.07, 6.45) is 11.2. The third-order valence-corrected chi connectivity index (χ3v) is 3.28. The van der Waals surface area contributed by atoms with Crippen LogP contribution in [-0.4, -0.2) is 26.1 Å². The third-order valence-electron chi connectivity index (χ3n) is 2.83. The summed E-state index contributed by atoms with van der Waals surface area (Å²) in [7, 11) is -4.50. The van der Waals surface area contributed by atoms with Crippen molar-refractivity contribution in [1.82, 2.24) is 0 Å². The summed E-state index contributed by atoms with van der Waals surface area (Å²) in [6.45, 7) is 0.812. The van der Waals surface area contributed by atoms with Gasteiger partial charge < -0.3 is 10.3 Å². The largest absolute Gasteiger partial charge is 1.00 e. The molecule has 0 aliphatic rings. The Kier molecular flexibility index (Phi) is 17.7. The second kappa shape index (κ2) is 15.2. The van der Waals surface area contributed by atoms with Crippen molar-refractivity contribution in [2.75, 3.05) is 13.2 Å². The van der Waals surface area contributed by atoms with Crippen LogP contribution in [0.5, 0.6) is 0 Å². The van der Waals surface area contributed by atoms with Crippen LogP contribution in [0.25, 0.3) is 0 Å². The predicted octanol–water partition coefficient (Wildman–Crippen LogP) is -0.673. The van der Waals surface area contributed by atoms with Crippen LogP contribution >= 0.6 is 0 Å². The van der Waals surface area contributed by atoms with Crippen molar-refractivity contribution >= 4 is 10.4 Å². The molecule has 0 aromatic carbocycles. The molecule has 0 aromatic heterocycles. The van der Waals surface area contributed by atoms with Crippen molar-refractivity contribution in [3.05, 3.63) is 0 Å². The normalized spacial score (nSPS) is 11.3. The third kappa shape index (κ3) is 21.3. The molecule has 110 valence electrons. The van der Waals surface area contributed by atoms with E-state index in [0.717, 1.165) is 25.8 Å². The average Bonchev–Trinajstić information content (AvgIpc) is 2.29. The molecule has 0 aliphatic heterocycles. The fraction of sp³-hybridized carbons (Fsp3) is 1.00. The van der Waals surface area contributed by atoms with Crippen molar-refractivity contribution < 1.29 is 46.7 Å². The van der Waals surface area contributed by atoms with Crippen LogP contribution in [-0.2, 0) is 14.6 Å². The minimum Gasteiger partial charge on any atom is -0.726 e. The standard InChI is InChI=1S/C12H27NO4S.Na/c13-11-9-7-5-3-1-2-4-6-8-10-12-17-18(14,15)16;/h1-13H2,(H,14,15,16);/q;+1/p-1. The van der Waals surface area contributed by atoms with Gasteiger partial charge in [0.05, 0.1) is 6.61 Å². The molecule has 0 heterocycles. The van der Waals surface area contributed by atoms with Crippen LogP contribution < -0.4 is 35.3 Å². The second-order valence-corrected chi connectivity index (χ2v) is 5.61. The van der Waals surface area contributed by atoms with E-state index in [1.165, 1.54) is 38.5 Å². The summed E-state index contributed by atoms with van der Waals surface area (Å²) in [5.41, 5.74) is 5.41. The molecule has 0 aliphatic carbocycles. The fourth-order valence-corrected chi connectivity index (χ4v) is 2.14. The fourth-order valence-electron chi connectivity index (χ4n) is 1.82. The average molecular weight is 303 g/mol. The Morgan fingerprint density at radius 3 is 1.53 bits per heavy atom. The first-order chi connectivity index (χ1) is 8.56. The molecule has 0 aromatic rings. The van der Waals surface area contributed by atoms with E-state index in [9.17, 15) is 13.0 Å². The molecule has 0 unspecified atom stereocenters. The topological polar surface area (TPSA) is 92.5 Å². The minimum atomic E-state index is -4.50. The van der Waals surface area contributed by atoms with E-state index in [0.29, 0.717) is 6.42 Å². The zero-order valence-corrected chi connectivity index (χ0v) is 14.9. The van der Waals surface area contributed by atoms with Gasteiger partial charge in [0, 0.05) is 0 Å². The van der Waals surface area contributed by atoms with Crippen LogP contribution in [0.15, 0.2) is 0 Å². The summed E-state index contributed by atoms with van der Waals surface area (Å²) in [4.78, 5) is 0. The van der Waals surface area contributed by atoms with E-state index in [-0.39, 0.29) is 36.2 Å². The first-order valence-corrected chi connectivity index (χ1v) is 8.20. The molecule has 0 amide bonds. The first kappa shape index (κ1) is 22.1. The minimum absolute atomic E-state index is 0. The molecule has 0 saturated heterocycles. The van der Waals surface area contributed by atoms with Gasteiger partial charge in [0.2, 0.25) is 10.4 Å². The second-order valence-electron chi connectivity index (χ2n) is 4.55. The molecule has 5 nitrogen and oxygen atoms in total. The van der Waals surface area contributed by atoms with Gasteiger partial charge in [-0.3, -0.25) is 4.18 Å². The molecule has 0 atom stereocenters. The Morgan fingerprint density at radius 2 is 1.16 bits per heavy atom. The van der Waals surface area contributed by atoms with E-state index in [1.807, 2.05) is 0 Å². The maximum absolute atomic E-state index is 10.1. The number of unbranched alkanes of at least 4 members (excludes halogenated alkanes) is 9. The number of rotatable bonds is 13. The van der Waals surface area contributed by atoms with Crippen LogP contribution in [0.3, 0.4) is 0 Å². The number of hydrogen-bond acceptors (Lipinski definition) is 5. The van der Waals surface area contributed by atoms with Crippen molar-refractivity contribution in [3.63, 3.8) is 0 Å². The number of hydrogen-bond donors (Lipinski definition) is 1. The van der Waals surface area contributed by atoms with Gasteiger partial charge in [-0.15, -0.1) is 0 Å². The van der Waals surface area contributed by atoms with Gasteiger partial charge >= 0.3 is 29.6 Å². The van der Waals surface area contributed by atoms with Gasteiger partial charge in [-0.25, -0.2) is 8.42 Å². The molecule has 0 saturated carbocycles. The molecule has 7 heteroatoms. The Balaban J connectivity index is 0. The predicted molar refractivity (Wildman–Crippen MR) is 70.9 cm³/mol. The molecule has 0 radical (unpaired) electrons. The maximum atomic E-state index is 10.1. The Morgan fingerprint density at radius 1 is 0.789 bits per heavy atom. The zero-order valence-electron chi connectivity index (χ0n) is 12.1. The van der Waals surface area contributed by atoms with Gasteiger partial charge in [0.1, 0.15) is 0 Å². The van der Waals surface area contributed by atoms with Crippen LogP contribution in [0, 0.1) is 0 Å². The van der Waals surface area contributed by atoms with Gasteiger partial charge in [-0.05, 0) is 19.4 Å². The van der Waals surface area contributed by atoms with Crippen molar-refractivity contribution in [1.29, 1.82) is 0 Å². The summed E-state index contributed by atoms with van der Waals surface area (Å²) < 4.78 is 34.5. The Bertz CT molecular complexity index is 273. The molecule has 0 fully saturated rings.